The van der Waals surface area contributed by atoms with Gasteiger partial charge < -0.3 is 4.90 Å². The second-order valence-corrected chi connectivity index (χ2v) is 6.90. The normalized spacial score (nSPS) is 18.3. The quantitative estimate of drug-likeness (QED) is 0.765. The van der Waals surface area contributed by atoms with Gasteiger partial charge in [0.15, 0.2) is 0 Å². The molecular weight excluding hydrogens is 347 g/mol. The Morgan fingerprint density at radius 1 is 1.11 bits per heavy atom. The fourth-order valence-corrected chi connectivity index (χ4v) is 3.35. The van der Waals surface area contributed by atoms with Gasteiger partial charge in [-0.05, 0) is 55.0 Å². The molecule has 1 fully saturated rings. The highest BCUT2D eigenvalue weighted by molar-refractivity contribution is 6.05. The first-order valence-corrected chi connectivity index (χ1v) is 9.25. The molecule has 0 atom stereocenters. The van der Waals surface area contributed by atoms with Crippen LogP contribution in [-0.2, 0) is 20.8 Å². The van der Waals surface area contributed by atoms with Crippen LogP contribution in [0.1, 0.15) is 24.8 Å². The standard InChI is InChI=1S/C21H23FN2O3/c22-18-7-4-17(5-8-18)15-21(27)23-13-10-16(11-14-23)6-9-20(26)24-12-2-1-3-19(24)25/h1,3-9,16H,2,10-15H2/b9-6+. The number of carbonyl (C=O) groups is 3. The summed E-state index contributed by atoms with van der Waals surface area (Å²) in [7, 11) is 0. The van der Waals surface area contributed by atoms with E-state index in [-0.39, 0.29) is 35.9 Å². The van der Waals surface area contributed by atoms with Gasteiger partial charge in [0.05, 0.1) is 6.42 Å². The molecule has 1 aromatic rings. The summed E-state index contributed by atoms with van der Waals surface area (Å²) in [5.74, 6) is -0.600. The maximum atomic E-state index is 12.9. The molecule has 0 unspecified atom stereocenters. The van der Waals surface area contributed by atoms with E-state index in [1.165, 1.54) is 29.2 Å². The van der Waals surface area contributed by atoms with Gasteiger partial charge in [0.25, 0.3) is 11.8 Å². The van der Waals surface area contributed by atoms with Crippen LogP contribution in [0, 0.1) is 11.7 Å². The third-order valence-corrected chi connectivity index (χ3v) is 4.98. The first-order valence-electron chi connectivity index (χ1n) is 9.25. The van der Waals surface area contributed by atoms with E-state index in [2.05, 4.69) is 0 Å². The van der Waals surface area contributed by atoms with Gasteiger partial charge in [-0.2, -0.15) is 0 Å². The third kappa shape index (κ3) is 5.12. The molecule has 2 aliphatic heterocycles. The van der Waals surface area contributed by atoms with Crippen LogP contribution >= 0.6 is 0 Å². The van der Waals surface area contributed by atoms with Gasteiger partial charge >= 0.3 is 0 Å². The van der Waals surface area contributed by atoms with Crippen LogP contribution in [0.5, 0.6) is 0 Å². The molecule has 0 saturated carbocycles. The number of benzene rings is 1. The average Bonchev–Trinajstić information content (AvgIpc) is 2.68. The lowest BCUT2D eigenvalue weighted by atomic mass is 9.95. The number of piperidine rings is 1. The van der Waals surface area contributed by atoms with Crippen molar-refractivity contribution in [3.05, 3.63) is 60.0 Å². The lowest BCUT2D eigenvalue weighted by Gasteiger charge is -2.31. The Morgan fingerprint density at radius 3 is 2.48 bits per heavy atom. The van der Waals surface area contributed by atoms with E-state index in [0.29, 0.717) is 26.1 Å². The van der Waals surface area contributed by atoms with Gasteiger partial charge in [0.2, 0.25) is 5.91 Å². The Bertz CT molecular complexity index is 762. The van der Waals surface area contributed by atoms with Crippen molar-refractivity contribution < 1.29 is 18.8 Å². The minimum absolute atomic E-state index is 0.0332. The zero-order valence-corrected chi connectivity index (χ0v) is 15.1. The number of hydrogen-bond donors (Lipinski definition) is 0. The van der Waals surface area contributed by atoms with Crippen molar-refractivity contribution in [1.29, 1.82) is 0 Å². The van der Waals surface area contributed by atoms with E-state index < -0.39 is 0 Å². The SMILES string of the molecule is O=C(Cc1ccc(F)cc1)N1CCC(/C=C/C(=O)N2CCC=CC2=O)CC1. The second kappa shape index (κ2) is 8.75. The van der Waals surface area contributed by atoms with E-state index in [0.717, 1.165) is 18.4 Å². The smallest absolute Gasteiger partial charge is 0.253 e. The molecule has 2 heterocycles. The van der Waals surface area contributed by atoms with Gasteiger partial charge in [-0.25, -0.2) is 4.39 Å². The number of allylic oxidation sites excluding steroid dienone is 1. The fourth-order valence-electron chi connectivity index (χ4n) is 3.35. The van der Waals surface area contributed by atoms with Crippen LogP contribution < -0.4 is 0 Å². The third-order valence-electron chi connectivity index (χ3n) is 4.98. The van der Waals surface area contributed by atoms with Crippen LogP contribution in [-0.4, -0.2) is 47.2 Å². The molecule has 142 valence electrons. The Labute approximate surface area is 158 Å². The molecule has 0 radical (unpaired) electrons. The Balaban J connectivity index is 1.46. The molecule has 0 aliphatic carbocycles. The number of imide groups is 1. The molecule has 1 aromatic carbocycles. The Kier molecular flexibility index (Phi) is 6.16. The summed E-state index contributed by atoms with van der Waals surface area (Å²) in [5, 5.41) is 0. The second-order valence-electron chi connectivity index (χ2n) is 6.90. The summed E-state index contributed by atoms with van der Waals surface area (Å²) in [5.41, 5.74) is 0.800. The lowest BCUT2D eigenvalue weighted by Crippen LogP contribution is -2.39. The van der Waals surface area contributed by atoms with E-state index in [1.807, 2.05) is 11.0 Å². The summed E-state index contributed by atoms with van der Waals surface area (Å²) >= 11 is 0. The first-order chi connectivity index (χ1) is 13.0. The number of rotatable bonds is 4. The molecule has 0 aromatic heterocycles. The highest BCUT2D eigenvalue weighted by atomic mass is 19.1. The van der Waals surface area contributed by atoms with Crippen molar-refractivity contribution in [2.24, 2.45) is 5.92 Å². The topological polar surface area (TPSA) is 57.7 Å². The summed E-state index contributed by atoms with van der Waals surface area (Å²) in [6.07, 6.45) is 9.08. The molecule has 0 bridgehead atoms. The zero-order chi connectivity index (χ0) is 19.2. The van der Waals surface area contributed by atoms with Gasteiger partial charge in [-0.1, -0.05) is 24.3 Å². The number of amides is 3. The highest BCUT2D eigenvalue weighted by Crippen LogP contribution is 2.20. The fraction of sp³-hybridized carbons (Fsp3) is 0.381. The van der Waals surface area contributed by atoms with E-state index in [1.54, 1.807) is 18.2 Å². The van der Waals surface area contributed by atoms with Crippen LogP contribution in [0.15, 0.2) is 48.6 Å². The number of carbonyl (C=O) groups excluding carboxylic acids is 3. The van der Waals surface area contributed by atoms with Crippen LogP contribution in [0.2, 0.25) is 0 Å². The molecule has 2 aliphatic rings. The van der Waals surface area contributed by atoms with Crippen molar-refractivity contribution >= 4 is 17.7 Å². The highest BCUT2D eigenvalue weighted by Gasteiger charge is 2.23. The zero-order valence-electron chi connectivity index (χ0n) is 15.1. The molecule has 0 spiro atoms. The Hall–Kier alpha value is -2.76. The minimum Gasteiger partial charge on any atom is -0.342 e. The predicted molar refractivity (Wildman–Crippen MR) is 99.0 cm³/mol. The molecule has 3 rings (SSSR count). The molecule has 5 nitrogen and oxygen atoms in total. The maximum absolute atomic E-state index is 12.9. The van der Waals surface area contributed by atoms with Crippen LogP contribution in [0.25, 0.3) is 0 Å². The van der Waals surface area contributed by atoms with Crippen LogP contribution in [0.4, 0.5) is 4.39 Å². The number of halogens is 1. The predicted octanol–water partition coefficient (Wildman–Crippen LogP) is 2.48. The van der Waals surface area contributed by atoms with Crippen molar-refractivity contribution in [3.8, 4) is 0 Å². The number of hydrogen-bond acceptors (Lipinski definition) is 3. The molecule has 1 saturated heterocycles. The molecule has 3 amide bonds. The summed E-state index contributed by atoms with van der Waals surface area (Å²) in [6, 6.07) is 5.98. The molecular formula is C21H23FN2O3. The summed E-state index contributed by atoms with van der Waals surface area (Å²) < 4.78 is 12.9. The monoisotopic (exact) mass is 370 g/mol. The van der Waals surface area contributed by atoms with E-state index in [9.17, 15) is 18.8 Å². The average molecular weight is 370 g/mol. The Morgan fingerprint density at radius 2 is 1.81 bits per heavy atom. The van der Waals surface area contributed by atoms with Crippen molar-refractivity contribution in [2.45, 2.75) is 25.7 Å². The van der Waals surface area contributed by atoms with Crippen molar-refractivity contribution in [2.75, 3.05) is 19.6 Å². The largest absolute Gasteiger partial charge is 0.342 e. The molecule has 0 N–H and O–H groups in total. The van der Waals surface area contributed by atoms with Crippen molar-refractivity contribution in [3.63, 3.8) is 0 Å². The van der Waals surface area contributed by atoms with Gasteiger partial charge in [0, 0.05) is 19.6 Å². The van der Waals surface area contributed by atoms with Gasteiger partial charge in [0.1, 0.15) is 5.82 Å². The molecule has 6 heteroatoms. The van der Waals surface area contributed by atoms with Crippen molar-refractivity contribution in [1.82, 2.24) is 9.80 Å². The lowest BCUT2D eigenvalue weighted by molar-refractivity contribution is -0.139. The minimum atomic E-state index is -0.310. The van der Waals surface area contributed by atoms with Crippen LogP contribution in [0.3, 0.4) is 0 Å². The summed E-state index contributed by atoms with van der Waals surface area (Å²) in [6.45, 7) is 1.69. The van der Waals surface area contributed by atoms with Gasteiger partial charge in [-0.3, -0.25) is 19.3 Å². The number of nitrogens with zero attached hydrogens (tertiary/aromatic N) is 2. The maximum Gasteiger partial charge on any atom is 0.253 e. The first kappa shape index (κ1) is 19.0. The van der Waals surface area contributed by atoms with E-state index in [4.69, 9.17) is 0 Å². The number of likely N-dealkylation sites (tertiary alicyclic amines) is 1. The summed E-state index contributed by atoms with van der Waals surface area (Å²) in [4.78, 5) is 39.3. The van der Waals surface area contributed by atoms with Gasteiger partial charge in [-0.15, -0.1) is 0 Å². The van der Waals surface area contributed by atoms with E-state index >= 15 is 0 Å². The molecule has 27 heavy (non-hydrogen) atoms.